The van der Waals surface area contributed by atoms with Crippen LogP contribution >= 0.6 is 23.2 Å². The van der Waals surface area contributed by atoms with Crippen LogP contribution in [0.15, 0.2) is 48.9 Å². The van der Waals surface area contributed by atoms with E-state index in [2.05, 4.69) is 25.1 Å². The molecule has 1 aromatic carbocycles. The van der Waals surface area contributed by atoms with E-state index in [4.69, 9.17) is 32.7 Å². The molecule has 1 aliphatic heterocycles. The number of ether oxygens (including phenoxy) is 2. The molecule has 1 saturated heterocycles. The fourth-order valence-electron chi connectivity index (χ4n) is 4.50. The average molecular weight is 542 g/mol. The third-order valence-electron chi connectivity index (χ3n) is 6.48. The number of nitrogens with zero attached hydrogens (tertiary/aromatic N) is 4. The number of hydrogen-bond donors (Lipinski definition) is 1. The molecule has 1 fully saturated rings. The first-order chi connectivity index (χ1) is 17.9. The van der Waals surface area contributed by atoms with Gasteiger partial charge in [0.15, 0.2) is 0 Å². The molecular weight excluding hydrogens is 516 g/mol. The molecule has 2 unspecified atom stereocenters. The lowest BCUT2D eigenvalue weighted by Gasteiger charge is -2.17. The van der Waals surface area contributed by atoms with E-state index in [1.807, 2.05) is 25.1 Å². The standard InChI is InChI=1S/C27H26Cl2FN5O2/c1-16(27-22(28)12-31-13-23(27)29)37-19-5-6-25-21(9-19)26(34-33-25)10-24(30)17-3-4-18(32-11-17)14-35-8-7-20(15-35)36-2/h3-6,9-13,16,20H,7-8,14-15H2,1-2H3,(H,33,34)/b24-10-. The second kappa shape index (κ2) is 11.1. The van der Waals surface area contributed by atoms with Crippen LogP contribution in [0.2, 0.25) is 10.0 Å². The predicted molar refractivity (Wildman–Crippen MR) is 143 cm³/mol. The van der Waals surface area contributed by atoms with Gasteiger partial charge in [-0.1, -0.05) is 23.2 Å². The van der Waals surface area contributed by atoms with Crippen LogP contribution in [0.3, 0.4) is 0 Å². The molecule has 0 amide bonds. The Morgan fingerprint density at radius 3 is 2.73 bits per heavy atom. The molecule has 0 saturated carbocycles. The van der Waals surface area contributed by atoms with Crippen LogP contribution in [0, 0.1) is 0 Å². The normalized spacial score (nSPS) is 17.4. The first kappa shape index (κ1) is 25.6. The fourth-order valence-corrected chi connectivity index (χ4v) is 5.17. The molecule has 0 aliphatic carbocycles. The minimum absolute atomic E-state index is 0.268. The van der Waals surface area contributed by atoms with Crippen molar-refractivity contribution in [2.45, 2.75) is 32.1 Å². The number of hydrogen-bond acceptors (Lipinski definition) is 6. The summed E-state index contributed by atoms with van der Waals surface area (Å²) in [5.41, 5.74) is 3.15. The van der Waals surface area contributed by atoms with Crippen molar-refractivity contribution in [2.24, 2.45) is 0 Å². The van der Waals surface area contributed by atoms with Gasteiger partial charge < -0.3 is 9.47 Å². The van der Waals surface area contributed by atoms with E-state index in [1.54, 1.807) is 25.4 Å². The number of rotatable bonds is 8. The summed E-state index contributed by atoms with van der Waals surface area (Å²) in [5, 5.41) is 8.76. The van der Waals surface area contributed by atoms with Crippen LogP contribution < -0.4 is 4.74 Å². The molecule has 4 heterocycles. The van der Waals surface area contributed by atoms with Gasteiger partial charge >= 0.3 is 0 Å². The van der Waals surface area contributed by atoms with E-state index in [0.717, 1.165) is 30.6 Å². The largest absolute Gasteiger partial charge is 0.486 e. The van der Waals surface area contributed by atoms with Crippen molar-refractivity contribution in [3.8, 4) is 5.75 Å². The summed E-state index contributed by atoms with van der Waals surface area (Å²) in [6, 6.07) is 9.01. The summed E-state index contributed by atoms with van der Waals surface area (Å²) in [4.78, 5) is 10.7. The Kier molecular flexibility index (Phi) is 7.71. The van der Waals surface area contributed by atoms with Crippen molar-refractivity contribution in [1.82, 2.24) is 25.1 Å². The summed E-state index contributed by atoms with van der Waals surface area (Å²) in [5.74, 6) is 0.157. The Morgan fingerprint density at radius 1 is 1.22 bits per heavy atom. The number of aromatic amines is 1. The first-order valence-electron chi connectivity index (χ1n) is 11.9. The SMILES string of the molecule is COC1CCN(Cc2ccc(/C(F)=C/c3[nH]nc4ccc(OC(C)c5c(Cl)cncc5Cl)cc34)cn2)C1. The van der Waals surface area contributed by atoms with Crippen LogP contribution in [-0.2, 0) is 11.3 Å². The number of H-pyrrole nitrogens is 1. The zero-order valence-corrected chi connectivity index (χ0v) is 21.9. The highest BCUT2D eigenvalue weighted by Crippen LogP contribution is 2.34. The maximum atomic E-state index is 15.2. The first-order valence-corrected chi connectivity index (χ1v) is 12.7. The summed E-state index contributed by atoms with van der Waals surface area (Å²) in [6.07, 6.45) is 6.89. The van der Waals surface area contributed by atoms with Crippen LogP contribution in [0.25, 0.3) is 22.8 Å². The smallest absolute Gasteiger partial charge is 0.134 e. The quantitative estimate of drug-likeness (QED) is 0.275. The van der Waals surface area contributed by atoms with Gasteiger partial charge in [-0.3, -0.25) is 20.0 Å². The Labute approximate surface area is 224 Å². The average Bonchev–Trinajstić information content (AvgIpc) is 3.51. The van der Waals surface area contributed by atoms with Crippen molar-refractivity contribution in [3.05, 3.63) is 81.5 Å². The predicted octanol–water partition coefficient (Wildman–Crippen LogP) is 6.49. The molecule has 1 N–H and O–H groups in total. The monoisotopic (exact) mass is 541 g/mol. The topological polar surface area (TPSA) is 76.2 Å². The fraction of sp³-hybridized carbons (Fsp3) is 0.296. The number of methoxy groups -OCH3 is 1. The van der Waals surface area contributed by atoms with Crippen molar-refractivity contribution in [1.29, 1.82) is 0 Å². The maximum Gasteiger partial charge on any atom is 0.134 e. The molecule has 192 valence electrons. The second-order valence-corrected chi connectivity index (χ2v) is 9.82. The molecule has 0 radical (unpaired) electrons. The maximum absolute atomic E-state index is 15.2. The third-order valence-corrected chi connectivity index (χ3v) is 7.09. The van der Waals surface area contributed by atoms with Crippen molar-refractivity contribution >= 4 is 46.0 Å². The zero-order valence-electron chi connectivity index (χ0n) is 20.4. The molecule has 0 bridgehead atoms. The molecule has 5 rings (SSSR count). The van der Waals surface area contributed by atoms with Gasteiger partial charge in [0, 0.05) is 67.9 Å². The van der Waals surface area contributed by atoms with E-state index >= 15 is 4.39 Å². The van der Waals surface area contributed by atoms with E-state index in [9.17, 15) is 0 Å². The van der Waals surface area contributed by atoms with Crippen LogP contribution in [0.1, 0.15) is 42.0 Å². The van der Waals surface area contributed by atoms with E-state index in [1.165, 1.54) is 18.5 Å². The molecule has 37 heavy (non-hydrogen) atoms. The van der Waals surface area contributed by atoms with Gasteiger partial charge in [0.1, 0.15) is 17.7 Å². The Bertz CT molecular complexity index is 1410. The van der Waals surface area contributed by atoms with Gasteiger partial charge in [-0.2, -0.15) is 5.10 Å². The Morgan fingerprint density at radius 2 is 2.03 bits per heavy atom. The van der Waals surface area contributed by atoms with Crippen LogP contribution in [-0.4, -0.2) is 51.4 Å². The van der Waals surface area contributed by atoms with E-state index < -0.39 is 11.9 Å². The van der Waals surface area contributed by atoms with Gasteiger partial charge in [0.2, 0.25) is 0 Å². The van der Waals surface area contributed by atoms with Crippen molar-refractivity contribution < 1.29 is 13.9 Å². The van der Waals surface area contributed by atoms with Crippen LogP contribution in [0.4, 0.5) is 4.39 Å². The van der Waals surface area contributed by atoms with Gasteiger partial charge in [-0.05, 0) is 43.7 Å². The number of benzene rings is 1. The van der Waals surface area contributed by atoms with Crippen molar-refractivity contribution in [3.63, 3.8) is 0 Å². The number of aromatic nitrogens is 4. The van der Waals surface area contributed by atoms with Crippen LogP contribution in [0.5, 0.6) is 5.75 Å². The summed E-state index contributed by atoms with van der Waals surface area (Å²) >= 11 is 12.5. The summed E-state index contributed by atoms with van der Waals surface area (Å²) in [6.45, 7) is 4.42. The van der Waals surface area contributed by atoms with E-state index in [-0.39, 0.29) is 6.10 Å². The molecule has 7 nitrogen and oxygen atoms in total. The highest BCUT2D eigenvalue weighted by Gasteiger charge is 2.22. The molecule has 2 atom stereocenters. The molecule has 0 spiro atoms. The number of halogens is 3. The lowest BCUT2D eigenvalue weighted by Crippen LogP contribution is -2.22. The number of nitrogens with one attached hydrogen (secondary N) is 1. The minimum atomic E-state index is -0.423. The minimum Gasteiger partial charge on any atom is -0.486 e. The summed E-state index contributed by atoms with van der Waals surface area (Å²) < 4.78 is 26.7. The zero-order chi connectivity index (χ0) is 25.9. The highest BCUT2D eigenvalue weighted by atomic mass is 35.5. The molecule has 3 aromatic heterocycles. The lowest BCUT2D eigenvalue weighted by molar-refractivity contribution is 0.107. The molecular formula is C27H26Cl2FN5O2. The summed E-state index contributed by atoms with van der Waals surface area (Å²) in [7, 11) is 1.74. The third kappa shape index (κ3) is 5.78. The van der Waals surface area contributed by atoms with Gasteiger partial charge in [0.05, 0.1) is 33.1 Å². The van der Waals surface area contributed by atoms with Gasteiger partial charge in [-0.25, -0.2) is 4.39 Å². The Hall–Kier alpha value is -3.04. The Balaban J connectivity index is 1.32. The molecule has 4 aromatic rings. The number of likely N-dealkylation sites (tertiary alicyclic amines) is 1. The van der Waals surface area contributed by atoms with Gasteiger partial charge in [-0.15, -0.1) is 0 Å². The lowest BCUT2D eigenvalue weighted by atomic mass is 10.1. The van der Waals surface area contributed by atoms with E-state index in [0.29, 0.717) is 44.7 Å². The van der Waals surface area contributed by atoms with Crippen molar-refractivity contribution in [2.75, 3.05) is 20.2 Å². The number of pyridine rings is 2. The number of fused-ring (bicyclic) bond motifs is 1. The molecule has 10 heteroatoms. The highest BCUT2D eigenvalue weighted by molar-refractivity contribution is 6.35. The second-order valence-electron chi connectivity index (χ2n) is 9.01. The molecule has 1 aliphatic rings. The van der Waals surface area contributed by atoms with Gasteiger partial charge in [0.25, 0.3) is 0 Å².